The summed E-state index contributed by atoms with van der Waals surface area (Å²) in [7, 11) is 2.19. The van der Waals surface area contributed by atoms with Crippen molar-refractivity contribution in [3.8, 4) is 0 Å². The molecule has 1 saturated carbocycles. The average Bonchev–Trinajstić information content (AvgIpc) is 3.20. The van der Waals surface area contributed by atoms with Gasteiger partial charge in [0.1, 0.15) is 0 Å². The van der Waals surface area contributed by atoms with Crippen LogP contribution in [0.1, 0.15) is 30.2 Å². The largest absolute Gasteiger partial charge is 0.371 e. The van der Waals surface area contributed by atoms with E-state index in [1.807, 2.05) is 23.7 Å². The lowest BCUT2D eigenvalue weighted by Crippen LogP contribution is -2.32. The van der Waals surface area contributed by atoms with Crippen LogP contribution in [-0.2, 0) is 13.0 Å². The molecule has 4 heteroatoms. The molecule has 112 valence electrons. The Hall–Kier alpha value is -1.39. The molecular formula is C17H23N3S. The first kappa shape index (κ1) is 14.5. The number of anilines is 1. The van der Waals surface area contributed by atoms with Crippen LogP contribution in [0.15, 0.2) is 36.0 Å². The monoisotopic (exact) mass is 301 g/mol. The molecule has 0 amide bonds. The molecular weight excluding hydrogens is 278 g/mol. The summed E-state index contributed by atoms with van der Waals surface area (Å²) in [5.41, 5.74) is 2.59. The van der Waals surface area contributed by atoms with Gasteiger partial charge in [0.15, 0.2) is 0 Å². The molecule has 2 aromatic rings. The molecule has 1 atom stereocenters. The number of likely N-dealkylation sites (N-methyl/N-ethyl adjacent to an activating group) is 1. The van der Waals surface area contributed by atoms with Crippen molar-refractivity contribution in [1.29, 1.82) is 0 Å². The lowest BCUT2D eigenvalue weighted by molar-refractivity contribution is 0.662. The first-order chi connectivity index (χ1) is 10.2. The SMILES string of the molecule is CC(Cc1cccs1)N(C)c1ccncc1CNC1CC1. The van der Waals surface area contributed by atoms with Gasteiger partial charge in [-0.2, -0.15) is 0 Å². The van der Waals surface area contributed by atoms with Gasteiger partial charge in [0.25, 0.3) is 0 Å². The number of pyridine rings is 1. The fourth-order valence-corrected chi connectivity index (χ4v) is 3.36. The molecule has 1 N–H and O–H groups in total. The molecule has 2 heterocycles. The molecule has 3 rings (SSSR count). The van der Waals surface area contributed by atoms with Gasteiger partial charge in [0.2, 0.25) is 0 Å². The molecule has 0 aliphatic heterocycles. The molecule has 1 aliphatic carbocycles. The van der Waals surface area contributed by atoms with E-state index in [2.05, 4.69) is 52.8 Å². The maximum Gasteiger partial charge on any atom is 0.0442 e. The highest BCUT2D eigenvalue weighted by Gasteiger charge is 2.21. The number of nitrogens with one attached hydrogen (secondary N) is 1. The van der Waals surface area contributed by atoms with E-state index < -0.39 is 0 Å². The van der Waals surface area contributed by atoms with Gasteiger partial charge in [-0.25, -0.2) is 0 Å². The summed E-state index contributed by atoms with van der Waals surface area (Å²) in [4.78, 5) is 8.12. The minimum Gasteiger partial charge on any atom is -0.371 e. The summed E-state index contributed by atoms with van der Waals surface area (Å²) in [6.07, 6.45) is 7.62. The lowest BCUT2D eigenvalue weighted by atomic mass is 10.1. The Labute approximate surface area is 131 Å². The van der Waals surface area contributed by atoms with Crippen LogP contribution in [0.2, 0.25) is 0 Å². The Balaban J connectivity index is 1.68. The highest BCUT2D eigenvalue weighted by molar-refractivity contribution is 7.09. The summed E-state index contributed by atoms with van der Waals surface area (Å²) in [6.45, 7) is 3.21. The normalized spacial score (nSPS) is 15.9. The van der Waals surface area contributed by atoms with Gasteiger partial charge in [-0.15, -0.1) is 11.3 Å². The van der Waals surface area contributed by atoms with Gasteiger partial charge in [0.05, 0.1) is 0 Å². The van der Waals surface area contributed by atoms with Crippen molar-refractivity contribution < 1.29 is 0 Å². The highest BCUT2D eigenvalue weighted by atomic mass is 32.1. The Bertz CT molecular complexity index is 563. The number of thiophene rings is 1. The molecule has 0 spiro atoms. The van der Waals surface area contributed by atoms with Gasteiger partial charge in [-0.05, 0) is 37.3 Å². The van der Waals surface area contributed by atoms with Crippen LogP contribution < -0.4 is 10.2 Å². The quantitative estimate of drug-likeness (QED) is 0.849. The molecule has 21 heavy (non-hydrogen) atoms. The molecule has 0 radical (unpaired) electrons. The van der Waals surface area contributed by atoms with E-state index in [1.165, 1.54) is 29.0 Å². The fraction of sp³-hybridized carbons (Fsp3) is 0.471. The Kier molecular flexibility index (Phi) is 4.56. The Morgan fingerprint density at radius 2 is 2.29 bits per heavy atom. The zero-order chi connectivity index (χ0) is 14.7. The van der Waals surface area contributed by atoms with E-state index in [-0.39, 0.29) is 0 Å². The van der Waals surface area contributed by atoms with Crippen molar-refractivity contribution in [1.82, 2.24) is 10.3 Å². The van der Waals surface area contributed by atoms with Gasteiger partial charge < -0.3 is 10.2 Å². The summed E-state index contributed by atoms with van der Waals surface area (Å²) in [5, 5.41) is 5.74. The van der Waals surface area contributed by atoms with Crippen molar-refractivity contribution in [2.24, 2.45) is 0 Å². The standard InChI is InChI=1S/C17H23N3S/c1-13(10-16-4-3-9-21-16)20(2)17-7-8-18-11-14(17)12-19-15-5-6-15/h3-4,7-9,11,13,15,19H,5-6,10,12H2,1-2H3. The van der Waals surface area contributed by atoms with Crippen molar-refractivity contribution in [2.75, 3.05) is 11.9 Å². The summed E-state index contributed by atoms with van der Waals surface area (Å²) >= 11 is 1.84. The Morgan fingerprint density at radius 1 is 1.43 bits per heavy atom. The van der Waals surface area contributed by atoms with E-state index >= 15 is 0 Å². The first-order valence-corrected chi connectivity index (χ1v) is 8.53. The van der Waals surface area contributed by atoms with E-state index in [0.717, 1.165) is 19.0 Å². The van der Waals surface area contributed by atoms with Gasteiger partial charge in [-0.3, -0.25) is 4.98 Å². The van der Waals surface area contributed by atoms with Crippen LogP contribution >= 0.6 is 11.3 Å². The third-order valence-electron chi connectivity index (χ3n) is 4.15. The molecule has 1 aliphatic rings. The molecule has 0 bridgehead atoms. The highest BCUT2D eigenvalue weighted by Crippen LogP contribution is 2.24. The maximum absolute atomic E-state index is 4.30. The predicted octanol–water partition coefficient (Wildman–Crippen LogP) is 3.46. The van der Waals surface area contributed by atoms with Gasteiger partial charge in [0, 0.05) is 60.6 Å². The van der Waals surface area contributed by atoms with Crippen LogP contribution in [0.5, 0.6) is 0 Å². The van der Waals surface area contributed by atoms with Crippen molar-refractivity contribution in [2.45, 2.75) is 44.8 Å². The minimum atomic E-state index is 0.478. The molecule has 1 fully saturated rings. The van der Waals surface area contributed by atoms with Crippen LogP contribution in [0.25, 0.3) is 0 Å². The van der Waals surface area contributed by atoms with E-state index in [4.69, 9.17) is 0 Å². The van der Waals surface area contributed by atoms with Crippen molar-refractivity contribution >= 4 is 17.0 Å². The predicted molar refractivity (Wildman–Crippen MR) is 90.0 cm³/mol. The Morgan fingerprint density at radius 3 is 3.00 bits per heavy atom. The number of hydrogen-bond acceptors (Lipinski definition) is 4. The molecule has 0 aromatic carbocycles. The average molecular weight is 301 g/mol. The zero-order valence-electron chi connectivity index (χ0n) is 12.7. The van der Waals surface area contributed by atoms with E-state index in [1.54, 1.807) is 0 Å². The first-order valence-electron chi connectivity index (χ1n) is 7.65. The second-order valence-corrected chi connectivity index (χ2v) is 6.94. The van der Waals surface area contributed by atoms with E-state index in [0.29, 0.717) is 6.04 Å². The van der Waals surface area contributed by atoms with Crippen molar-refractivity contribution in [3.63, 3.8) is 0 Å². The fourth-order valence-electron chi connectivity index (χ4n) is 2.54. The van der Waals surface area contributed by atoms with Gasteiger partial charge >= 0.3 is 0 Å². The summed E-state index contributed by atoms with van der Waals surface area (Å²) in [6, 6.07) is 7.69. The third-order valence-corrected chi connectivity index (χ3v) is 5.05. The smallest absolute Gasteiger partial charge is 0.0442 e. The summed E-state index contributed by atoms with van der Waals surface area (Å²) in [5.74, 6) is 0. The zero-order valence-corrected chi connectivity index (χ0v) is 13.6. The number of rotatable bonds is 7. The second-order valence-electron chi connectivity index (χ2n) is 5.90. The lowest BCUT2D eigenvalue weighted by Gasteiger charge is -2.28. The van der Waals surface area contributed by atoms with Crippen LogP contribution in [0, 0.1) is 0 Å². The van der Waals surface area contributed by atoms with Crippen LogP contribution in [0.4, 0.5) is 5.69 Å². The number of hydrogen-bond donors (Lipinski definition) is 1. The molecule has 0 saturated heterocycles. The minimum absolute atomic E-state index is 0.478. The number of aromatic nitrogens is 1. The maximum atomic E-state index is 4.30. The third kappa shape index (κ3) is 3.83. The summed E-state index contributed by atoms with van der Waals surface area (Å²) < 4.78 is 0. The molecule has 2 aromatic heterocycles. The number of nitrogens with zero attached hydrogens (tertiary/aromatic N) is 2. The van der Waals surface area contributed by atoms with Crippen molar-refractivity contribution in [3.05, 3.63) is 46.4 Å². The van der Waals surface area contributed by atoms with Gasteiger partial charge in [-0.1, -0.05) is 6.07 Å². The second kappa shape index (κ2) is 6.58. The molecule has 3 nitrogen and oxygen atoms in total. The molecule has 1 unspecified atom stereocenters. The van der Waals surface area contributed by atoms with Crippen LogP contribution in [-0.4, -0.2) is 24.1 Å². The van der Waals surface area contributed by atoms with E-state index in [9.17, 15) is 0 Å². The topological polar surface area (TPSA) is 28.2 Å². The van der Waals surface area contributed by atoms with Crippen LogP contribution in [0.3, 0.4) is 0 Å².